The molecule has 1 fully saturated rings. The van der Waals surface area contributed by atoms with Crippen LogP contribution < -0.4 is 0 Å². The van der Waals surface area contributed by atoms with Gasteiger partial charge in [-0.15, -0.1) is 0 Å². The largest absolute Gasteiger partial charge is 0.630 e. The minimum atomic E-state index is -6.25. The van der Waals surface area contributed by atoms with E-state index in [1.807, 2.05) is 0 Å². The van der Waals surface area contributed by atoms with Crippen LogP contribution in [0.3, 0.4) is 0 Å². The molecule has 1 aliphatic heterocycles. The molecular weight excluding hydrogens is 414 g/mol. The molecule has 0 amide bonds. The molecule has 0 aliphatic carbocycles. The Balaban J connectivity index is 2.98. The van der Waals surface area contributed by atoms with Crippen LogP contribution in [0.2, 0.25) is 0 Å². The van der Waals surface area contributed by atoms with Gasteiger partial charge in [0.1, 0.15) is 0 Å². The maximum atomic E-state index is 12.2. The quantitative estimate of drug-likeness (QED) is 0.339. The Hall–Kier alpha value is -0.405. The van der Waals surface area contributed by atoms with Crippen molar-refractivity contribution in [2.75, 3.05) is 12.5 Å². The molecule has 0 atom stereocenters. The minimum absolute atomic E-state index is 0.476. The van der Waals surface area contributed by atoms with Crippen molar-refractivity contribution >= 4 is 52.3 Å². The maximum absolute atomic E-state index is 12.2. The SMILES string of the molecule is CS(=O)(=O)OB1OB(OS(C)(=O)=O)OB(OS(=O)(=O)C(F)(F)F)O1. The first-order valence-electron chi connectivity index (χ1n) is 5.21. The number of rotatable bonds is 6. The Morgan fingerprint density at radius 1 is 0.708 bits per heavy atom. The molecule has 1 saturated heterocycles. The van der Waals surface area contributed by atoms with Crippen LogP contribution in [-0.2, 0) is 56.4 Å². The second-order valence-electron chi connectivity index (χ2n) is 3.87. The molecule has 0 spiro atoms. The second kappa shape index (κ2) is 7.07. The highest BCUT2D eigenvalue weighted by Crippen LogP contribution is 2.26. The Bertz CT molecular complexity index is 716. The Labute approximate surface area is 135 Å². The summed E-state index contributed by atoms with van der Waals surface area (Å²) >= 11 is 0. The maximum Gasteiger partial charge on any atom is 0.630 e. The number of hydrogen-bond acceptors (Lipinski definition) is 12. The van der Waals surface area contributed by atoms with E-state index < -0.39 is 57.8 Å². The molecule has 0 unspecified atom stereocenters. The third-order valence-corrected chi connectivity index (χ3v) is 3.65. The monoisotopic (exact) mass is 420 g/mol. The van der Waals surface area contributed by atoms with Gasteiger partial charge in [0.25, 0.3) is 20.2 Å². The Morgan fingerprint density at radius 2 is 1.00 bits per heavy atom. The number of halogens is 3. The second-order valence-corrected chi connectivity index (χ2v) is 8.64. The van der Waals surface area contributed by atoms with Crippen molar-refractivity contribution in [3.05, 3.63) is 0 Å². The molecule has 0 aromatic rings. The topological polar surface area (TPSA) is 158 Å². The van der Waals surface area contributed by atoms with E-state index in [0.29, 0.717) is 12.5 Å². The van der Waals surface area contributed by atoms with Gasteiger partial charge in [0, 0.05) is 0 Å². The van der Waals surface area contributed by atoms with Gasteiger partial charge < -0.3 is 13.7 Å². The Kier molecular flexibility index (Phi) is 6.38. The van der Waals surface area contributed by atoms with Crippen molar-refractivity contribution in [2.45, 2.75) is 5.51 Å². The summed E-state index contributed by atoms with van der Waals surface area (Å²) in [6, 6.07) is 0. The lowest BCUT2D eigenvalue weighted by Gasteiger charge is -2.26. The molecule has 0 radical (unpaired) electrons. The summed E-state index contributed by atoms with van der Waals surface area (Å²) in [6.45, 7) is 0. The lowest BCUT2D eigenvalue weighted by atomic mass is 9.98. The Morgan fingerprint density at radius 3 is 1.25 bits per heavy atom. The molecule has 0 saturated carbocycles. The summed E-state index contributed by atoms with van der Waals surface area (Å²) < 4.78 is 126. The molecule has 12 nitrogen and oxygen atoms in total. The van der Waals surface area contributed by atoms with Gasteiger partial charge in [-0.25, -0.2) is 16.8 Å². The zero-order chi connectivity index (χ0) is 19.0. The van der Waals surface area contributed by atoms with Crippen molar-refractivity contribution in [3.63, 3.8) is 0 Å². The van der Waals surface area contributed by atoms with Crippen LogP contribution in [0.1, 0.15) is 0 Å². The summed E-state index contributed by atoms with van der Waals surface area (Å²) in [6.07, 6.45) is 0.952. The molecule has 1 aliphatic rings. The third-order valence-electron chi connectivity index (χ3n) is 1.66. The van der Waals surface area contributed by atoms with Gasteiger partial charge in [0.15, 0.2) is 0 Å². The molecule has 24 heavy (non-hydrogen) atoms. The molecule has 1 heterocycles. The highest BCUT2D eigenvalue weighted by Gasteiger charge is 2.56. The van der Waals surface area contributed by atoms with Crippen LogP contribution in [0.5, 0.6) is 0 Å². The van der Waals surface area contributed by atoms with Crippen LogP contribution in [0.25, 0.3) is 0 Å². The summed E-state index contributed by atoms with van der Waals surface area (Å²) in [5.41, 5.74) is -5.88. The van der Waals surface area contributed by atoms with E-state index in [1.54, 1.807) is 0 Å². The van der Waals surface area contributed by atoms with Gasteiger partial charge in [-0.3, -0.25) is 12.3 Å². The van der Waals surface area contributed by atoms with Gasteiger partial charge in [-0.2, -0.15) is 21.6 Å². The molecule has 0 aromatic heterocycles. The lowest BCUT2D eigenvalue weighted by Crippen LogP contribution is -2.54. The molecule has 0 N–H and O–H groups in total. The first-order valence-corrected chi connectivity index (χ1v) is 10.3. The van der Waals surface area contributed by atoms with Crippen molar-refractivity contribution in [1.29, 1.82) is 0 Å². The van der Waals surface area contributed by atoms with Crippen LogP contribution in [0.15, 0.2) is 0 Å². The molecular formula is C3H6B3F3O12S3. The molecule has 138 valence electrons. The molecule has 21 heteroatoms. The predicted octanol–water partition coefficient (Wildman–Crippen LogP) is -2.18. The van der Waals surface area contributed by atoms with Crippen molar-refractivity contribution in [1.82, 2.24) is 0 Å². The van der Waals surface area contributed by atoms with E-state index in [0.717, 1.165) is 0 Å². The van der Waals surface area contributed by atoms with Gasteiger partial charge in [0.2, 0.25) is 0 Å². The summed E-state index contributed by atoms with van der Waals surface area (Å²) in [7, 11) is -22.5. The van der Waals surface area contributed by atoms with Crippen LogP contribution >= 0.6 is 0 Å². The van der Waals surface area contributed by atoms with Crippen LogP contribution in [0, 0.1) is 0 Å². The third kappa shape index (κ3) is 7.23. The van der Waals surface area contributed by atoms with Crippen molar-refractivity contribution in [2.24, 2.45) is 0 Å². The fraction of sp³-hybridized carbons (Fsp3) is 1.00. The van der Waals surface area contributed by atoms with E-state index in [2.05, 4.69) is 26.0 Å². The minimum Gasteiger partial charge on any atom is -0.399 e. The smallest absolute Gasteiger partial charge is 0.399 e. The van der Waals surface area contributed by atoms with Crippen LogP contribution in [-0.4, -0.2) is 65.2 Å². The van der Waals surface area contributed by atoms with Gasteiger partial charge in [-0.05, 0) is 0 Å². The summed E-state index contributed by atoms with van der Waals surface area (Å²) in [4.78, 5) is 0. The lowest BCUT2D eigenvalue weighted by molar-refractivity contribution is -0.0517. The molecule has 1 rings (SSSR count). The van der Waals surface area contributed by atoms with E-state index in [1.165, 1.54) is 0 Å². The van der Waals surface area contributed by atoms with Crippen molar-refractivity contribution in [3.8, 4) is 0 Å². The highest BCUT2D eigenvalue weighted by molar-refractivity contribution is 7.88. The number of alkyl halides is 3. The fourth-order valence-corrected chi connectivity index (χ4v) is 2.11. The van der Waals surface area contributed by atoms with E-state index in [-0.39, 0.29) is 0 Å². The van der Waals surface area contributed by atoms with E-state index in [4.69, 9.17) is 0 Å². The summed E-state index contributed by atoms with van der Waals surface area (Å²) in [5, 5.41) is 0. The zero-order valence-corrected chi connectivity index (χ0v) is 13.9. The first-order chi connectivity index (χ1) is 10.5. The highest BCUT2D eigenvalue weighted by atomic mass is 32.2. The van der Waals surface area contributed by atoms with Gasteiger partial charge in [-0.1, -0.05) is 0 Å². The normalized spacial score (nSPS) is 18.1. The average Bonchev–Trinajstić information content (AvgIpc) is 2.20. The van der Waals surface area contributed by atoms with E-state index in [9.17, 15) is 38.4 Å². The van der Waals surface area contributed by atoms with E-state index >= 15 is 0 Å². The van der Waals surface area contributed by atoms with Crippen LogP contribution in [0.4, 0.5) is 13.2 Å². The fourth-order valence-electron chi connectivity index (χ4n) is 0.948. The zero-order valence-electron chi connectivity index (χ0n) is 11.5. The van der Waals surface area contributed by atoms with Gasteiger partial charge >= 0.3 is 37.6 Å². The molecule has 0 aromatic carbocycles. The molecule has 0 bridgehead atoms. The first kappa shape index (κ1) is 21.6. The van der Waals surface area contributed by atoms with Gasteiger partial charge in [0.05, 0.1) is 12.5 Å². The standard InChI is InChI=1S/C3H6B3F3O12S3/c1-22(10,11)19-4-16-5(20-23(2,12)13)18-6(17-4)21-24(14,15)3(7,8)9/h1-2H3. The summed E-state index contributed by atoms with van der Waals surface area (Å²) in [5.74, 6) is 0. The van der Waals surface area contributed by atoms with Crippen molar-refractivity contribution < 1.29 is 64.4 Å². The predicted molar refractivity (Wildman–Crippen MR) is 68.4 cm³/mol. The number of hydrogen-bond donors (Lipinski definition) is 0. The average molecular weight is 420 g/mol.